The van der Waals surface area contributed by atoms with E-state index in [0.717, 1.165) is 0 Å². The number of nitrogens with zero attached hydrogens (tertiary/aromatic N) is 2. The molecule has 1 heterocycles. The normalized spacial score (nSPS) is 16.4. The van der Waals surface area contributed by atoms with E-state index < -0.39 is 11.9 Å². The molecule has 0 unspecified atom stereocenters. The van der Waals surface area contributed by atoms with E-state index >= 15 is 0 Å². The van der Waals surface area contributed by atoms with Crippen LogP contribution < -0.4 is 0 Å². The summed E-state index contributed by atoms with van der Waals surface area (Å²) in [6, 6.07) is 5.89. The molecule has 0 saturated heterocycles. The highest BCUT2D eigenvalue weighted by Gasteiger charge is 2.42. The molecule has 0 aromatic heterocycles. The number of hydrogen-bond acceptors (Lipinski definition) is 4. The predicted octanol–water partition coefficient (Wildman–Crippen LogP) is 2.02. The molecular weight excluding hydrogens is 187 g/mol. The van der Waals surface area contributed by atoms with Crippen molar-refractivity contribution in [3.05, 3.63) is 35.4 Å². The molecule has 5 heteroatoms. The molecule has 1 aromatic rings. The van der Waals surface area contributed by atoms with Gasteiger partial charge in [-0.3, -0.25) is 0 Å². The zero-order valence-electron chi connectivity index (χ0n) is 7.40. The Kier molecular flexibility index (Phi) is 1.80. The van der Waals surface area contributed by atoms with E-state index in [1.165, 1.54) is 31.4 Å². The van der Waals surface area contributed by atoms with Gasteiger partial charge in [0.1, 0.15) is 0 Å². The van der Waals surface area contributed by atoms with Crippen LogP contribution >= 0.6 is 0 Å². The second-order valence-electron chi connectivity index (χ2n) is 2.86. The Morgan fingerprint density at radius 2 is 1.93 bits per heavy atom. The average Bonchev–Trinajstić information content (AvgIpc) is 2.97. The molecule has 0 fully saturated rings. The Balaban J connectivity index is 2.22. The molecule has 4 nitrogen and oxygen atoms in total. The van der Waals surface area contributed by atoms with Gasteiger partial charge in [0.2, 0.25) is 0 Å². The minimum Gasteiger partial charge on any atom is -0.465 e. The van der Waals surface area contributed by atoms with Crippen molar-refractivity contribution in [3.8, 4) is 0 Å². The van der Waals surface area contributed by atoms with Gasteiger partial charge in [0.15, 0.2) is 0 Å². The first-order valence-corrected chi connectivity index (χ1v) is 3.97. The standard InChI is InChI=1S/C9H7FN2O2/c1-14-8(13)6-2-4-7(5-3-6)9(10)11-12-9/h2-5H,1H3. The van der Waals surface area contributed by atoms with Crippen molar-refractivity contribution in [1.82, 2.24) is 0 Å². The van der Waals surface area contributed by atoms with Crippen molar-refractivity contribution >= 4 is 5.97 Å². The smallest absolute Gasteiger partial charge is 0.354 e. The minimum absolute atomic E-state index is 0.324. The van der Waals surface area contributed by atoms with E-state index in [0.29, 0.717) is 11.1 Å². The number of hydrogen-bond donors (Lipinski definition) is 0. The number of ether oxygens (including phenoxy) is 1. The van der Waals surface area contributed by atoms with E-state index in [4.69, 9.17) is 0 Å². The van der Waals surface area contributed by atoms with Gasteiger partial charge in [-0.15, -0.1) is 10.2 Å². The van der Waals surface area contributed by atoms with Crippen molar-refractivity contribution in [3.63, 3.8) is 0 Å². The van der Waals surface area contributed by atoms with Gasteiger partial charge in [-0.2, -0.15) is 4.39 Å². The van der Waals surface area contributed by atoms with Crippen LogP contribution in [0.2, 0.25) is 0 Å². The molecule has 0 amide bonds. The molecule has 14 heavy (non-hydrogen) atoms. The van der Waals surface area contributed by atoms with Gasteiger partial charge < -0.3 is 4.74 Å². The number of alkyl halides is 1. The van der Waals surface area contributed by atoms with Crippen molar-refractivity contribution in [2.24, 2.45) is 10.2 Å². The second-order valence-corrected chi connectivity index (χ2v) is 2.86. The monoisotopic (exact) mass is 194 g/mol. The van der Waals surface area contributed by atoms with Crippen molar-refractivity contribution in [1.29, 1.82) is 0 Å². The van der Waals surface area contributed by atoms with E-state index in [1.807, 2.05) is 0 Å². The lowest BCUT2D eigenvalue weighted by Crippen LogP contribution is -2.03. The maximum absolute atomic E-state index is 13.2. The summed E-state index contributed by atoms with van der Waals surface area (Å²) in [6.07, 6.45) is 0. The molecule has 0 atom stereocenters. The number of carbonyl (C=O) groups is 1. The summed E-state index contributed by atoms with van der Waals surface area (Å²) in [5, 5.41) is 6.48. The molecular formula is C9H7FN2O2. The van der Waals surface area contributed by atoms with E-state index in [-0.39, 0.29) is 0 Å². The average molecular weight is 194 g/mol. The SMILES string of the molecule is COC(=O)c1ccc(C2(F)N=N2)cc1. The molecule has 0 saturated carbocycles. The third-order valence-corrected chi connectivity index (χ3v) is 1.95. The molecule has 0 aliphatic carbocycles. The zero-order chi connectivity index (χ0) is 10.2. The Hall–Kier alpha value is -1.78. The Bertz CT molecular complexity index is 394. The van der Waals surface area contributed by atoms with Gasteiger partial charge in [0.25, 0.3) is 0 Å². The first-order valence-electron chi connectivity index (χ1n) is 3.97. The fraction of sp³-hybridized carbons (Fsp3) is 0.222. The summed E-state index contributed by atoms with van der Waals surface area (Å²) in [5.74, 6) is -2.33. The zero-order valence-corrected chi connectivity index (χ0v) is 7.40. The lowest BCUT2D eigenvalue weighted by Gasteiger charge is -2.02. The molecule has 72 valence electrons. The minimum atomic E-state index is -1.88. The van der Waals surface area contributed by atoms with Gasteiger partial charge in [-0.05, 0) is 12.1 Å². The van der Waals surface area contributed by atoms with Crippen LogP contribution in [0.5, 0.6) is 0 Å². The van der Waals surface area contributed by atoms with Crippen molar-refractivity contribution in [2.75, 3.05) is 7.11 Å². The van der Waals surface area contributed by atoms with Crippen LogP contribution in [0.3, 0.4) is 0 Å². The fourth-order valence-electron chi connectivity index (χ4n) is 1.10. The highest BCUT2D eigenvalue weighted by atomic mass is 19.2. The van der Waals surface area contributed by atoms with Crippen LogP contribution in [0.15, 0.2) is 34.5 Å². The third kappa shape index (κ3) is 1.37. The Morgan fingerprint density at radius 3 is 2.36 bits per heavy atom. The molecule has 1 aromatic carbocycles. The molecule has 0 bridgehead atoms. The number of carbonyl (C=O) groups excluding carboxylic acids is 1. The van der Waals surface area contributed by atoms with E-state index in [9.17, 15) is 9.18 Å². The Labute approximate surface area is 79.4 Å². The number of benzene rings is 1. The highest BCUT2D eigenvalue weighted by Crippen LogP contribution is 2.40. The fourth-order valence-corrected chi connectivity index (χ4v) is 1.10. The van der Waals surface area contributed by atoms with E-state index in [1.54, 1.807) is 0 Å². The summed E-state index contributed by atoms with van der Waals surface area (Å²) in [7, 11) is 1.29. The van der Waals surface area contributed by atoms with Crippen LogP contribution in [-0.4, -0.2) is 13.1 Å². The van der Waals surface area contributed by atoms with Gasteiger partial charge in [-0.25, -0.2) is 4.79 Å². The van der Waals surface area contributed by atoms with Gasteiger partial charge in [0.05, 0.1) is 12.7 Å². The predicted molar refractivity (Wildman–Crippen MR) is 45.4 cm³/mol. The van der Waals surface area contributed by atoms with Crippen LogP contribution in [0.25, 0.3) is 0 Å². The summed E-state index contributed by atoms with van der Waals surface area (Å²) in [4.78, 5) is 11.0. The highest BCUT2D eigenvalue weighted by molar-refractivity contribution is 5.89. The second kappa shape index (κ2) is 2.87. The van der Waals surface area contributed by atoms with Crippen LogP contribution in [0.4, 0.5) is 4.39 Å². The largest absolute Gasteiger partial charge is 0.465 e. The molecule has 0 spiro atoms. The van der Waals surface area contributed by atoms with Crippen LogP contribution in [-0.2, 0) is 10.7 Å². The van der Waals surface area contributed by atoms with Gasteiger partial charge >= 0.3 is 11.9 Å². The van der Waals surface area contributed by atoms with Crippen molar-refractivity contribution < 1.29 is 13.9 Å². The first kappa shape index (κ1) is 8.80. The third-order valence-electron chi connectivity index (χ3n) is 1.95. The van der Waals surface area contributed by atoms with Crippen LogP contribution in [0, 0.1) is 0 Å². The molecule has 1 aliphatic rings. The molecule has 2 rings (SSSR count). The maximum atomic E-state index is 13.2. The number of rotatable bonds is 2. The summed E-state index contributed by atoms with van der Waals surface area (Å²) in [6.45, 7) is 0. The van der Waals surface area contributed by atoms with Gasteiger partial charge in [0, 0.05) is 5.56 Å². The maximum Gasteiger partial charge on any atom is 0.354 e. The number of methoxy groups -OCH3 is 1. The quantitative estimate of drug-likeness (QED) is 0.534. The molecule has 1 aliphatic heterocycles. The summed E-state index contributed by atoms with van der Waals surface area (Å²) in [5.41, 5.74) is 0.700. The lowest BCUT2D eigenvalue weighted by atomic mass is 10.1. The molecule has 0 N–H and O–H groups in total. The first-order chi connectivity index (χ1) is 6.65. The topological polar surface area (TPSA) is 51.0 Å². The lowest BCUT2D eigenvalue weighted by molar-refractivity contribution is 0.0600. The molecule has 0 radical (unpaired) electrons. The van der Waals surface area contributed by atoms with E-state index in [2.05, 4.69) is 15.0 Å². The van der Waals surface area contributed by atoms with Gasteiger partial charge in [-0.1, -0.05) is 12.1 Å². The summed E-state index contributed by atoms with van der Waals surface area (Å²) >= 11 is 0. The summed E-state index contributed by atoms with van der Waals surface area (Å²) < 4.78 is 17.7. The Morgan fingerprint density at radius 1 is 1.36 bits per heavy atom. The van der Waals surface area contributed by atoms with Crippen LogP contribution in [0.1, 0.15) is 15.9 Å². The number of esters is 1. The number of halogens is 1. The van der Waals surface area contributed by atoms with Crippen molar-refractivity contribution in [2.45, 2.75) is 5.92 Å².